The molecule has 1 aliphatic heterocycles. The minimum absolute atomic E-state index is 0.191. The molecule has 154 valence electrons. The highest BCUT2D eigenvalue weighted by molar-refractivity contribution is 9.10. The van der Waals surface area contributed by atoms with E-state index in [1.54, 1.807) is 0 Å². The van der Waals surface area contributed by atoms with Crippen molar-refractivity contribution in [2.24, 2.45) is 10.2 Å². The highest BCUT2D eigenvalue weighted by atomic mass is 79.9. The smallest absolute Gasteiger partial charge is 0.331 e. The van der Waals surface area contributed by atoms with Gasteiger partial charge in [0.15, 0.2) is 5.17 Å². The lowest BCUT2D eigenvalue weighted by Crippen LogP contribution is -2.19. The van der Waals surface area contributed by atoms with Crippen molar-refractivity contribution in [2.75, 3.05) is 7.11 Å². The first-order valence-corrected chi connectivity index (χ1v) is 10.9. The number of nitrogens with zero attached hydrogens (tertiary/aromatic N) is 2. The average molecular weight is 553 g/mol. The Kier molecular flexibility index (Phi) is 7.83. The quantitative estimate of drug-likeness (QED) is 0.248. The maximum Gasteiger partial charge on any atom is 0.331 e. The topological polar surface area (TPSA) is 89.3 Å². The number of amidine groups is 1. The molecule has 2 aromatic rings. The van der Waals surface area contributed by atoms with Gasteiger partial charge in [-0.15, -0.1) is 5.10 Å². The van der Waals surface area contributed by atoms with Crippen molar-refractivity contribution in [1.29, 1.82) is 0 Å². The molecule has 1 amide bonds. The maximum atomic E-state index is 11.8. The molecule has 7 nitrogen and oxygen atoms in total. The molecular formula is C20H15Br2N3O4S. The Balaban J connectivity index is 1.71. The normalized spacial score (nSPS) is 16.3. The van der Waals surface area contributed by atoms with Crippen LogP contribution < -0.4 is 10.1 Å². The zero-order valence-corrected chi connectivity index (χ0v) is 19.6. The van der Waals surface area contributed by atoms with E-state index in [0.717, 1.165) is 32.3 Å². The van der Waals surface area contributed by atoms with Gasteiger partial charge in [0.05, 0.1) is 18.2 Å². The van der Waals surface area contributed by atoms with Gasteiger partial charge in [0, 0.05) is 20.6 Å². The molecule has 0 spiro atoms. The average Bonchev–Trinajstić information content (AvgIpc) is 3.06. The molecule has 10 heteroatoms. The molecule has 3 rings (SSSR count). The number of thioether (sulfide) groups is 1. The van der Waals surface area contributed by atoms with Gasteiger partial charge in [-0.05, 0) is 47.7 Å². The number of rotatable bonds is 6. The Bertz CT molecular complexity index is 1070. The lowest BCUT2D eigenvalue weighted by Gasteiger charge is -2.09. The van der Waals surface area contributed by atoms with Gasteiger partial charge in [0.1, 0.15) is 12.4 Å². The number of carbonyl (C=O) groups excluding carboxylic acids is 2. The Morgan fingerprint density at radius 2 is 2.00 bits per heavy atom. The third-order valence-corrected chi connectivity index (χ3v) is 5.59. The van der Waals surface area contributed by atoms with Crippen molar-refractivity contribution in [1.82, 2.24) is 5.32 Å². The lowest BCUT2D eigenvalue weighted by atomic mass is 10.2. The number of ether oxygens (including phenoxy) is 2. The van der Waals surface area contributed by atoms with E-state index in [1.165, 1.54) is 13.3 Å². The number of halogens is 2. The number of hydrogen-bond acceptors (Lipinski definition) is 7. The van der Waals surface area contributed by atoms with E-state index < -0.39 is 11.9 Å². The number of amides is 1. The van der Waals surface area contributed by atoms with Gasteiger partial charge < -0.3 is 9.47 Å². The van der Waals surface area contributed by atoms with E-state index >= 15 is 0 Å². The largest absolute Gasteiger partial charge is 0.488 e. The molecule has 1 aliphatic rings. The van der Waals surface area contributed by atoms with Gasteiger partial charge in [-0.1, -0.05) is 44.0 Å². The molecule has 0 atom stereocenters. The van der Waals surface area contributed by atoms with Crippen molar-refractivity contribution in [2.45, 2.75) is 6.61 Å². The summed E-state index contributed by atoms with van der Waals surface area (Å²) in [6.45, 7) is 0.393. The second-order valence-electron chi connectivity index (χ2n) is 5.84. The number of benzene rings is 2. The highest BCUT2D eigenvalue weighted by Crippen LogP contribution is 2.25. The third kappa shape index (κ3) is 6.28. The minimum Gasteiger partial charge on any atom is -0.488 e. The first kappa shape index (κ1) is 22.3. The summed E-state index contributed by atoms with van der Waals surface area (Å²) in [5.41, 5.74) is 1.73. The first-order chi connectivity index (χ1) is 14.4. The fraction of sp³-hybridized carbons (Fsp3) is 0.100. The maximum absolute atomic E-state index is 11.8. The number of carbonyl (C=O) groups is 2. The molecule has 1 fully saturated rings. The van der Waals surface area contributed by atoms with Crippen molar-refractivity contribution in [3.63, 3.8) is 0 Å². The van der Waals surface area contributed by atoms with Crippen LogP contribution in [0.5, 0.6) is 5.75 Å². The molecule has 30 heavy (non-hydrogen) atoms. The molecule has 0 aliphatic carbocycles. The molecule has 1 heterocycles. The van der Waals surface area contributed by atoms with Crippen LogP contribution in [0.15, 0.2) is 72.6 Å². The molecule has 1 saturated heterocycles. The molecule has 0 bridgehead atoms. The van der Waals surface area contributed by atoms with Gasteiger partial charge in [0.25, 0.3) is 5.91 Å². The van der Waals surface area contributed by atoms with Crippen molar-refractivity contribution in [3.05, 3.63) is 73.5 Å². The van der Waals surface area contributed by atoms with Crippen LogP contribution in [0.1, 0.15) is 11.1 Å². The number of nitrogens with one attached hydrogen (secondary N) is 1. The Morgan fingerprint density at radius 1 is 1.20 bits per heavy atom. The summed E-state index contributed by atoms with van der Waals surface area (Å²) >= 11 is 7.88. The summed E-state index contributed by atoms with van der Waals surface area (Å²) in [7, 11) is 1.24. The van der Waals surface area contributed by atoms with Crippen molar-refractivity contribution < 1.29 is 19.1 Å². The van der Waals surface area contributed by atoms with Crippen molar-refractivity contribution >= 4 is 66.9 Å². The fourth-order valence-corrected chi connectivity index (χ4v) is 3.89. The van der Waals surface area contributed by atoms with Gasteiger partial charge in [-0.3, -0.25) is 10.1 Å². The lowest BCUT2D eigenvalue weighted by molar-refractivity contribution is -0.135. The third-order valence-electron chi connectivity index (χ3n) is 3.70. The van der Waals surface area contributed by atoms with Gasteiger partial charge in [0.2, 0.25) is 0 Å². The van der Waals surface area contributed by atoms with Crippen molar-refractivity contribution in [3.8, 4) is 5.75 Å². The number of esters is 1. The van der Waals surface area contributed by atoms with Crippen LogP contribution in [0, 0.1) is 0 Å². The van der Waals surface area contributed by atoms with E-state index in [9.17, 15) is 9.59 Å². The van der Waals surface area contributed by atoms with Gasteiger partial charge >= 0.3 is 5.97 Å². The van der Waals surface area contributed by atoms with Crippen LogP contribution in [0.4, 0.5) is 0 Å². The van der Waals surface area contributed by atoms with Crippen LogP contribution in [0.25, 0.3) is 0 Å². The number of methoxy groups -OCH3 is 1. The standard InChI is InChI=1S/C20H15Br2N3O4S/c1-28-18(26)9-17-19(27)24-20(30-17)25-23-10-13-8-15(22)5-6-16(13)29-11-12-3-2-4-14(21)7-12/h2-10H,11H2,1H3,(H,24,25,27)/b17-9+,23-10?. The highest BCUT2D eigenvalue weighted by Gasteiger charge is 2.25. The molecule has 2 aromatic carbocycles. The van der Waals surface area contributed by atoms with E-state index in [4.69, 9.17) is 4.74 Å². The molecule has 0 aromatic heterocycles. The zero-order chi connectivity index (χ0) is 21.5. The van der Waals surface area contributed by atoms with Crippen LogP contribution in [-0.2, 0) is 20.9 Å². The predicted octanol–water partition coefficient (Wildman–Crippen LogP) is 4.40. The summed E-state index contributed by atoms with van der Waals surface area (Å²) in [5.74, 6) is -0.407. The SMILES string of the molecule is COC(=O)/C=C1/S/C(=N\N=Cc2cc(Br)ccc2OCc2cccc(Br)c2)NC1=O. The second-order valence-corrected chi connectivity index (χ2v) is 8.70. The van der Waals surface area contributed by atoms with Crippen LogP contribution in [0.3, 0.4) is 0 Å². The predicted molar refractivity (Wildman–Crippen MR) is 123 cm³/mol. The minimum atomic E-state index is -0.612. The zero-order valence-electron chi connectivity index (χ0n) is 15.6. The summed E-state index contributed by atoms with van der Waals surface area (Å²) < 4.78 is 12.3. The Morgan fingerprint density at radius 3 is 2.77 bits per heavy atom. The van der Waals surface area contributed by atoms with Gasteiger partial charge in [-0.2, -0.15) is 5.10 Å². The van der Waals surface area contributed by atoms with Crippen LogP contribution in [0.2, 0.25) is 0 Å². The van der Waals surface area contributed by atoms with E-state index in [1.807, 2.05) is 42.5 Å². The van der Waals surface area contributed by atoms with E-state index in [2.05, 4.69) is 52.1 Å². The summed E-state index contributed by atoms with van der Waals surface area (Å²) in [5, 5.41) is 10.8. The van der Waals surface area contributed by atoms with Gasteiger partial charge in [-0.25, -0.2) is 4.79 Å². The molecular weight excluding hydrogens is 538 g/mol. The second kappa shape index (κ2) is 10.6. The molecule has 0 saturated carbocycles. The van der Waals surface area contributed by atoms with E-state index in [-0.39, 0.29) is 10.1 Å². The van der Waals surface area contributed by atoms with Crippen LogP contribution in [-0.4, -0.2) is 30.4 Å². The monoisotopic (exact) mass is 551 g/mol. The summed E-state index contributed by atoms with van der Waals surface area (Å²) in [6.07, 6.45) is 2.64. The first-order valence-electron chi connectivity index (χ1n) is 8.51. The fourth-order valence-electron chi connectivity index (χ4n) is 2.32. The number of hydrogen-bond donors (Lipinski definition) is 1. The Hall–Kier alpha value is -2.43. The van der Waals surface area contributed by atoms with Crippen LogP contribution >= 0.6 is 43.6 Å². The molecule has 0 unspecified atom stereocenters. The van der Waals surface area contributed by atoms with E-state index in [0.29, 0.717) is 17.9 Å². The molecule has 0 radical (unpaired) electrons. The summed E-state index contributed by atoms with van der Waals surface area (Å²) in [6, 6.07) is 13.4. The Labute approximate surface area is 193 Å². The summed E-state index contributed by atoms with van der Waals surface area (Å²) in [4.78, 5) is 23.3. The molecule has 1 N–H and O–H groups in total.